The predicted molar refractivity (Wildman–Crippen MR) is 77.6 cm³/mol. The summed E-state index contributed by atoms with van der Waals surface area (Å²) in [5.74, 6) is -0.121. The Morgan fingerprint density at radius 1 is 1.53 bits per heavy atom. The van der Waals surface area contributed by atoms with E-state index in [1.807, 2.05) is 22.8 Å². The first-order valence-corrected chi connectivity index (χ1v) is 7.20. The molecule has 0 aliphatic heterocycles. The van der Waals surface area contributed by atoms with Crippen molar-refractivity contribution in [1.29, 1.82) is 0 Å². The number of aromatic nitrogens is 1. The molecule has 1 amide bonds. The van der Waals surface area contributed by atoms with Crippen LogP contribution in [-0.2, 0) is 16.1 Å². The molecular weight excluding hydrogens is 284 g/mol. The van der Waals surface area contributed by atoms with Gasteiger partial charge in [0.15, 0.2) is 4.80 Å². The van der Waals surface area contributed by atoms with Gasteiger partial charge in [0.05, 0.1) is 16.8 Å². The van der Waals surface area contributed by atoms with Crippen LogP contribution in [0.15, 0.2) is 23.2 Å². The molecule has 0 N–H and O–H groups in total. The van der Waals surface area contributed by atoms with Gasteiger partial charge in [-0.25, -0.2) is 0 Å². The predicted octanol–water partition coefficient (Wildman–Crippen LogP) is 2.84. The van der Waals surface area contributed by atoms with Crippen LogP contribution in [0.3, 0.4) is 0 Å². The second-order valence-electron chi connectivity index (χ2n) is 4.00. The Hall–Kier alpha value is -1.17. The van der Waals surface area contributed by atoms with Crippen molar-refractivity contribution in [2.75, 3.05) is 13.7 Å². The summed E-state index contributed by atoms with van der Waals surface area (Å²) in [6.45, 7) is 3.03. The summed E-state index contributed by atoms with van der Waals surface area (Å²) in [4.78, 5) is 16.4. The minimum Gasteiger partial charge on any atom is -0.383 e. The van der Waals surface area contributed by atoms with Gasteiger partial charge in [-0.05, 0) is 18.2 Å². The Bertz CT molecular complexity index is 660. The first kappa shape index (κ1) is 14.2. The number of halogens is 1. The largest absolute Gasteiger partial charge is 0.383 e. The highest BCUT2D eigenvalue weighted by Crippen LogP contribution is 2.21. The van der Waals surface area contributed by atoms with Crippen molar-refractivity contribution in [2.24, 2.45) is 4.99 Å². The maximum Gasteiger partial charge on any atom is 0.248 e. The van der Waals surface area contributed by atoms with E-state index in [1.54, 1.807) is 14.0 Å². The molecule has 0 saturated carbocycles. The summed E-state index contributed by atoms with van der Waals surface area (Å²) >= 11 is 7.46. The van der Waals surface area contributed by atoms with Gasteiger partial charge in [0.25, 0.3) is 0 Å². The molecule has 0 aliphatic carbocycles. The van der Waals surface area contributed by atoms with Gasteiger partial charge in [-0.15, -0.1) is 0 Å². The van der Waals surface area contributed by atoms with Gasteiger partial charge in [-0.1, -0.05) is 29.9 Å². The molecule has 0 atom stereocenters. The lowest BCUT2D eigenvalue weighted by atomic mass is 10.3. The van der Waals surface area contributed by atoms with Gasteiger partial charge in [0.1, 0.15) is 0 Å². The number of carbonyl (C=O) groups excluding carboxylic acids is 1. The lowest BCUT2D eigenvalue weighted by molar-refractivity contribution is -0.117. The molecule has 0 saturated heterocycles. The van der Waals surface area contributed by atoms with Crippen LogP contribution in [0.4, 0.5) is 0 Å². The van der Waals surface area contributed by atoms with E-state index < -0.39 is 0 Å². The second-order valence-corrected chi connectivity index (χ2v) is 5.45. The third-order valence-electron chi connectivity index (χ3n) is 2.69. The molecule has 0 bridgehead atoms. The summed E-state index contributed by atoms with van der Waals surface area (Å²) in [7, 11) is 1.65. The maximum absolute atomic E-state index is 11.5. The van der Waals surface area contributed by atoms with Crippen molar-refractivity contribution in [3.8, 4) is 0 Å². The van der Waals surface area contributed by atoms with E-state index in [1.165, 1.54) is 11.3 Å². The Morgan fingerprint density at radius 3 is 3.00 bits per heavy atom. The zero-order valence-electron chi connectivity index (χ0n) is 10.9. The number of thiazole rings is 1. The van der Waals surface area contributed by atoms with Gasteiger partial charge >= 0.3 is 0 Å². The normalized spacial score (nSPS) is 12.3. The number of methoxy groups -OCH3 is 1. The number of amides is 1. The lowest BCUT2D eigenvalue weighted by Crippen LogP contribution is -2.19. The third kappa shape index (κ3) is 3.23. The number of carbonyl (C=O) groups is 1. The molecule has 1 heterocycles. The Labute approximate surface area is 120 Å². The van der Waals surface area contributed by atoms with E-state index in [0.717, 1.165) is 10.2 Å². The Morgan fingerprint density at radius 2 is 2.32 bits per heavy atom. The molecule has 1 aromatic carbocycles. The molecule has 0 unspecified atom stereocenters. The topological polar surface area (TPSA) is 43.6 Å². The number of nitrogens with zero attached hydrogens (tertiary/aromatic N) is 2. The Kier molecular flexibility index (Phi) is 4.74. The van der Waals surface area contributed by atoms with Gasteiger partial charge in [-0.3, -0.25) is 4.79 Å². The van der Waals surface area contributed by atoms with E-state index in [9.17, 15) is 4.79 Å². The minimum atomic E-state index is -0.121. The fourth-order valence-electron chi connectivity index (χ4n) is 1.72. The van der Waals surface area contributed by atoms with E-state index in [4.69, 9.17) is 16.3 Å². The highest BCUT2D eigenvalue weighted by Gasteiger charge is 2.07. The van der Waals surface area contributed by atoms with Gasteiger partial charge in [0, 0.05) is 25.1 Å². The van der Waals surface area contributed by atoms with Crippen LogP contribution in [0, 0.1) is 0 Å². The summed E-state index contributed by atoms with van der Waals surface area (Å²) in [6, 6.07) is 5.67. The van der Waals surface area contributed by atoms with Crippen molar-refractivity contribution < 1.29 is 9.53 Å². The number of ether oxygens (including phenoxy) is 1. The van der Waals surface area contributed by atoms with Gasteiger partial charge < -0.3 is 9.30 Å². The molecule has 0 spiro atoms. The van der Waals surface area contributed by atoms with Crippen LogP contribution in [-0.4, -0.2) is 24.2 Å². The molecule has 0 radical (unpaired) electrons. The van der Waals surface area contributed by atoms with Crippen LogP contribution in [0.2, 0.25) is 5.02 Å². The number of rotatable bonds is 4. The SMILES string of the molecule is CCC(=O)N=c1sc2cc(Cl)ccc2n1CCOC. The first-order chi connectivity index (χ1) is 9.15. The summed E-state index contributed by atoms with van der Waals surface area (Å²) in [5, 5.41) is 0.681. The molecule has 19 heavy (non-hydrogen) atoms. The van der Waals surface area contributed by atoms with Crippen molar-refractivity contribution in [3.05, 3.63) is 28.0 Å². The molecule has 2 rings (SSSR count). The van der Waals surface area contributed by atoms with Gasteiger partial charge in [-0.2, -0.15) is 4.99 Å². The van der Waals surface area contributed by atoms with Gasteiger partial charge in [0.2, 0.25) is 5.91 Å². The molecule has 2 aromatic rings. The van der Waals surface area contributed by atoms with E-state index in [0.29, 0.717) is 29.4 Å². The van der Waals surface area contributed by atoms with Crippen LogP contribution in [0.1, 0.15) is 13.3 Å². The molecule has 6 heteroatoms. The molecular formula is C13H15ClN2O2S. The zero-order chi connectivity index (χ0) is 13.8. The molecule has 0 aliphatic rings. The van der Waals surface area contributed by atoms with Crippen LogP contribution < -0.4 is 4.80 Å². The second kappa shape index (κ2) is 6.32. The molecule has 0 fully saturated rings. The third-order valence-corrected chi connectivity index (χ3v) is 3.96. The van der Waals surface area contributed by atoms with Crippen molar-refractivity contribution >= 4 is 39.1 Å². The zero-order valence-corrected chi connectivity index (χ0v) is 12.4. The first-order valence-electron chi connectivity index (χ1n) is 6.01. The number of hydrogen-bond donors (Lipinski definition) is 0. The Balaban J connectivity index is 2.60. The number of hydrogen-bond acceptors (Lipinski definition) is 3. The fourth-order valence-corrected chi connectivity index (χ4v) is 3.07. The summed E-state index contributed by atoms with van der Waals surface area (Å²) in [6.07, 6.45) is 0.402. The average molecular weight is 299 g/mol. The van der Waals surface area contributed by atoms with E-state index >= 15 is 0 Å². The lowest BCUT2D eigenvalue weighted by Gasteiger charge is -2.03. The average Bonchev–Trinajstić information content (AvgIpc) is 2.72. The minimum absolute atomic E-state index is 0.121. The standard InChI is InChI=1S/C13H15ClN2O2S/c1-3-12(17)15-13-16(6-7-18-2)10-5-4-9(14)8-11(10)19-13/h4-5,8H,3,6-7H2,1-2H3. The van der Waals surface area contributed by atoms with E-state index in [-0.39, 0.29) is 5.91 Å². The summed E-state index contributed by atoms with van der Waals surface area (Å²) in [5.41, 5.74) is 1.02. The highest BCUT2D eigenvalue weighted by atomic mass is 35.5. The van der Waals surface area contributed by atoms with Crippen LogP contribution in [0.25, 0.3) is 10.2 Å². The highest BCUT2D eigenvalue weighted by molar-refractivity contribution is 7.16. The summed E-state index contributed by atoms with van der Waals surface area (Å²) < 4.78 is 8.12. The van der Waals surface area contributed by atoms with Crippen LogP contribution in [0.5, 0.6) is 0 Å². The molecule has 102 valence electrons. The van der Waals surface area contributed by atoms with Crippen molar-refractivity contribution in [3.63, 3.8) is 0 Å². The quantitative estimate of drug-likeness (QED) is 0.871. The number of benzene rings is 1. The van der Waals surface area contributed by atoms with Crippen LogP contribution >= 0.6 is 22.9 Å². The van der Waals surface area contributed by atoms with Crippen molar-refractivity contribution in [1.82, 2.24) is 4.57 Å². The molecule has 4 nitrogen and oxygen atoms in total. The number of fused-ring (bicyclic) bond motifs is 1. The van der Waals surface area contributed by atoms with Crippen molar-refractivity contribution in [2.45, 2.75) is 19.9 Å². The smallest absolute Gasteiger partial charge is 0.248 e. The maximum atomic E-state index is 11.5. The monoisotopic (exact) mass is 298 g/mol. The molecule has 1 aromatic heterocycles. The van der Waals surface area contributed by atoms with E-state index in [2.05, 4.69) is 4.99 Å². The fraction of sp³-hybridized carbons (Fsp3) is 0.385.